The molecular weight excluding hydrogens is 252 g/mol. The summed E-state index contributed by atoms with van der Waals surface area (Å²) in [4.78, 5) is 0. The third-order valence-corrected chi connectivity index (χ3v) is 3.12. The van der Waals surface area contributed by atoms with Crippen LogP contribution in [-0.2, 0) is 13.0 Å². The van der Waals surface area contributed by atoms with Crippen LogP contribution in [0.15, 0.2) is 30.3 Å². The molecule has 5 nitrogen and oxygen atoms in total. The lowest BCUT2D eigenvalue weighted by atomic mass is 10.2. The molecule has 0 atom stereocenters. The molecule has 2 N–H and O–H groups in total. The molecule has 0 unspecified atom stereocenters. The van der Waals surface area contributed by atoms with Crippen LogP contribution >= 0.6 is 0 Å². The van der Waals surface area contributed by atoms with Crippen molar-refractivity contribution in [2.75, 3.05) is 6.61 Å². The summed E-state index contributed by atoms with van der Waals surface area (Å²) >= 11 is 0. The maximum atomic E-state index is 5.71. The van der Waals surface area contributed by atoms with Crippen LogP contribution in [-0.4, -0.2) is 21.6 Å². The van der Waals surface area contributed by atoms with E-state index in [2.05, 4.69) is 24.2 Å². The molecule has 5 heteroatoms. The number of rotatable bonds is 7. The van der Waals surface area contributed by atoms with Crippen molar-refractivity contribution in [2.45, 2.75) is 39.3 Å². The Labute approximate surface area is 119 Å². The number of nitrogens with zero attached hydrogens (tertiary/aromatic N) is 3. The summed E-state index contributed by atoms with van der Waals surface area (Å²) in [5, 5.41) is 8.31. The van der Waals surface area contributed by atoms with E-state index < -0.39 is 0 Å². The van der Waals surface area contributed by atoms with Gasteiger partial charge in [0.15, 0.2) is 0 Å². The Morgan fingerprint density at radius 3 is 2.65 bits per heavy atom. The highest BCUT2D eigenvalue weighted by atomic mass is 16.5. The number of benzene rings is 1. The molecule has 0 fully saturated rings. The van der Waals surface area contributed by atoms with Gasteiger partial charge in [0.05, 0.1) is 18.0 Å². The molecule has 1 aromatic carbocycles. The first-order valence-corrected chi connectivity index (χ1v) is 7.03. The molecule has 0 radical (unpaired) electrons. The smallest absolute Gasteiger partial charge is 0.119 e. The fraction of sp³-hybridized carbons (Fsp3) is 0.467. The van der Waals surface area contributed by atoms with Crippen molar-refractivity contribution in [1.82, 2.24) is 15.0 Å². The minimum Gasteiger partial charge on any atom is -0.494 e. The van der Waals surface area contributed by atoms with E-state index >= 15 is 0 Å². The van der Waals surface area contributed by atoms with Crippen molar-refractivity contribution in [3.05, 3.63) is 41.7 Å². The van der Waals surface area contributed by atoms with Gasteiger partial charge in [-0.3, -0.25) is 0 Å². The highest BCUT2D eigenvalue weighted by molar-refractivity contribution is 5.20. The molecule has 0 bridgehead atoms. The summed E-state index contributed by atoms with van der Waals surface area (Å²) in [6.07, 6.45) is 1.80. The van der Waals surface area contributed by atoms with Crippen LogP contribution in [0.25, 0.3) is 0 Å². The number of para-hydroxylation sites is 1. The molecule has 2 rings (SSSR count). The Morgan fingerprint density at radius 2 is 2.00 bits per heavy atom. The Morgan fingerprint density at radius 1 is 1.25 bits per heavy atom. The first-order chi connectivity index (χ1) is 9.72. The fourth-order valence-corrected chi connectivity index (χ4v) is 2.12. The highest BCUT2D eigenvalue weighted by Crippen LogP contribution is 2.14. The first kappa shape index (κ1) is 14.5. The van der Waals surface area contributed by atoms with Crippen molar-refractivity contribution >= 4 is 0 Å². The zero-order valence-corrected chi connectivity index (χ0v) is 12.1. The Bertz CT molecular complexity index is 522. The zero-order chi connectivity index (χ0) is 14.4. The molecule has 0 aliphatic rings. The predicted molar refractivity (Wildman–Crippen MR) is 78.6 cm³/mol. The molecule has 0 aliphatic carbocycles. The molecule has 0 aliphatic heterocycles. The third-order valence-electron chi connectivity index (χ3n) is 3.12. The summed E-state index contributed by atoms with van der Waals surface area (Å²) in [6.45, 7) is 5.30. The monoisotopic (exact) mass is 274 g/mol. The Kier molecular flexibility index (Phi) is 5.12. The van der Waals surface area contributed by atoms with Gasteiger partial charge in [0.1, 0.15) is 5.75 Å². The molecule has 20 heavy (non-hydrogen) atoms. The van der Waals surface area contributed by atoms with E-state index in [0.717, 1.165) is 30.0 Å². The van der Waals surface area contributed by atoms with Gasteiger partial charge < -0.3 is 10.5 Å². The van der Waals surface area contributed by atoms with Crippen LogP contribution in [0.4, 0.5) is 0 Å². The number of aromatic nitrogens is 3. The highest BCUT2D eigenvalue weighted by Gasteiger charge is 2.13. The van der Waals surface area contributed by atoms with Crippen molar-refractivity contribution in [2.24, 2.45) is 5.73 Å². The van der Waals surface area contributed by atoms with Crippen molar-refractivity contribution < 1.29 is 4.74 Å². The number of hydrogen-bond donors (Lipinski definition) is 1. The second kappa shape index (κ2) is 7.05. The third kappa shape index (κ3) is 3.57. The lowest BCUT2D eigenvalue weighted by Gasteiger charge is -2.11. The Balaban J connectivity index is 1.89. The van der Waals surface area contributed by atoms with Gasteiger partial charge in [-0.25, -0.2) is 4.68 Å². The molecule has 1 heterocycles. The lowest BCUT2D eigenvalue weighted by Crippen LogP contribution is -2.11. The predicted octanol–water partition coefficient (Wildman–Crippen LogP) is 2.33. The van der Waals surface area contributed by atoms with Gasteiger partial charge in [-0.1, -0.05) is 23.4 Å². The van der Waals surface area contributed by atoms with E-state index in [1.165, 1.54) is 0 Å². The minimum absolute atomic E-state index is 0.299. The minimum atomic E-state index is 0.299. The summed E-state index contributed by atoms with van der Waals surface area (Å²) in [7, 11) is 0. The van der Waals surface area contributed by atoms with Gasteiger partial charge in [0.25, 0.3) is 0 Å². The van der Waals surface area contributed by atoms with Gasteiger partial charge in [-0.05, 0) is 38.8 Å². The molecular formula is C15H22N4O. The molecule has 0 saturated heterocycles. The molecule has 1 aromatic heterocycles. The van der Waals surface area contributed by atoms with Crippen LogP contribution < -0.4 is 10.5 Å². The lowest BCUT2D eigenvalue weighted by molar-refractivity contribution is 0.308. The van der Waals surface area contributed by atoms with Gasteiger partial charge in [0.2, 0.25) is 0 Å². The van der Waals surface area contributed by atoms with Crippen LogP contribution in [0.5, 0.6) is 5.75 Å². The van der Waals surface area contributed by atoms with Crippen LogP contribution in [0.2, 0.25) is 0 Å². The maximum Gasteiger partial charge on any atom is 0.119 e. The summed E-state index contributed by atoms with van der Waals surface area (Å²) in [6, 6.07) is 10.1. The zero-order valence-electron chi connectivity index (χ0n) is 12.1. The van der Waals surface area contributed by atoms with E-state index in [9.17, 15) is 0 Å². The van der Waals surface area contributed by atoms with E-state index in [-0.39, 0.29) is 0 Å². The first-order valence-electron chi connectivity index (χ1n) is 7.03. The van der Waals surface area contributed by atoms with Gasteiger partial charge in [0, 0.05) is 12.6 Å². The quantitative estimate of drug-likeness (QED) is 0.787. The maximum absolute atomic E-state index is 5.71. The largest absolute Gasteiger partial charge is 0.494 e. The topological polar surface area (TPSA) is 66.0 Å². The average molecular weight is 274 g/mol. The molecule has 2 aromatic rings. The van der Waals surface area contributed by atoms with Crippen LogP contribution in [0, 0.1) is 0 Å². The molecule has 0 spiro atoms. The summed E-state index contributed by atoms with van der Waals surface area (Å²) < 4.78 is 7.65. The van der Waals surface area contributed by atoms with Crippen LogP contribution in [0.1, 0.15) is 37.7 Å². The van der Waals surface area contributed by atoms with Crippen molar-refractivity contribution in [3.8, 4) is 5.75 Å². The van der Waals surface area contributed by atoms with Crippen molar-refractivity contribution in [3.63, 3.8) is 0 Å². The second-order valence-electron chi connectivity index (χ2n) is 4.99. The van der Waals surface area contributed by atoms with Crippen molar-refractivity contribution in [1.29, 1.82) is 0 Å². The molecule has 108 valence electrons. The summed E-state index contributed by atoms with van der Waals surface area (Å²) in [5.41, 5.74) is 7.72. The van der Waals surface area contributed by atoms with E-state index in [4.69, 9.17) is 10.5 Å². The van der Waals surface area contributed by atoms with E-state index in [1.807, 2.05) is 35.0 Å². The average Bonchev–Trinajstić information content (AvgIpc) is 2.88. The number of hydrogen-bond acceptors (Lipinski definition) is 4. The number of ether oxygens (including phenoxy) is 1. The summed E-state index contributed by atoms with van der Waals surface area (Å²) in [5.74, 6) is 0.905. The van der Waals surface area contributed by atoms with Gasteiger partial charge >= 0.3 is 0 Å². The second-order valence-corrected chi connectivity index (χ2v) is 4.99. The Hall–Kier alpha value is -1.88. The van der Waals surface area contributed by atoms with E-state index in [1.54, 1.807) is 0 Å². The van der Waals surface area contributed by atoms with Gasteiger partial charge in [-0.2, -0.15) is 0 Å². The van der Waals surface area contributed by atoms with Gasteiger partial charge in [-0.15, -0.1) is 5.10 Å². The fourth-order valence-electron chi connectivity index (χ4n) is 2.12. The van der Waals surface area contributed by atoms with E-state index in [0.29, 0.717) is 19.2 Å². The molecule has 0 saturated carbocycles. The SMILES string of the molecule is CC(C)n1nnc(CN)c1CCCOc1ccccc1. The number of nitrogens with two attached hydrogens (primary N) is 1. The normalized spacial score (nSPS) is 11.0. The standard InChI is InChI=1S/C15H22N4O/c1-12(2)19-15(14(11-16)17-18-19)9-6-10-20-13-7-4-3-5-8-13/h3-5,7-8,12H,6,9-11,16H2,1-2H3. The van der Waals surface area contributed by atoms with Crippen LogP contribution in [0.3, 0.4) is 0 Å². The molecule has 0 amide bonds.